The Kier molecular flexibility index (Phi) is 6.96. The Labute approximate surface area is 188 Å². The summed E-state index contributed by atoms with van der Waals surface area (Å²) in [5, 5.41) is 3.49. The van der Waals surface area contributed by atoms with E-state index in [-0.39, 0.29) is 17.5 Å². The Morgan fingerprint density at radius 2 is 1.72 bits per heavy atom. The first-order valence-corrected chi connectivity index (χ1v) is 11.2. The first kappa shape index (κ1) is 23.8. The fraction of sp³-hybridized carbons (Fsp3) is 0.560. The number of rotatable bonds is 4. The highest BCUT2D eigenvalue weighted by molar-refractivity contribution is 5.90. The van der Waals surface area contributed by atoms with Crippen molar-refractivity contribution in [1.29, 1.82) is 0 Å². The van der Waals surface area contributed by atoms with Crippen molar-refractivity contribution in [3.63, 3.8) is 0 Å². The van der Waals surface area contributed by atoms with E-state index in [9.17, 15) is 14.4 Å². The third-order valence-electron chi connectivity index (χ3n) is 5.98. The first-order chi connectivity index (χ1) is 14.9. The van der Waals surface area contributed by atoms with Crippen molar-refractivity contribution in [3.8, 4) is 5.75 Å². The number of amides is 1. The molecule has 3 rings (SSSR count). The highest BCUT2D eigenvalue weighted by atomic mass is 16.6. The van der Waals surface area contributed by atoms with E-state index in [1.54, 1.807) is 13.0 Å². The molecule has 7 nitrogen and oxygen atoms in total. The van der Waals surface area contributed by atoms with Gasteiger partial charge in [0.2, 0.25) is 0 Å². The van der Waals surface area contributed by atoms with Crippen LogP contribution in [0.1, 0.15) is 63.1 Å². The van der Waals surface area contributed by atoms with Gasteiger partial charge in [0.25, 0.3) is 0 Å². The fourth-order valence-electron chi connectivity index (χ4n) is 4.10. The maximum atomic E-state index is 12.9. The van der Waals surface area contributed by atoms with Crippen LogP contribution in [0.3, 0.4) is 0 Å². The zero-order valence-corrected chi connectivity index (χ0v) is 19.8. The molecule has 2 aromatic rings. The van der Waals surface area contributed by atoms with Crippen LogP contribution >= 0.6 is 0 Å². The Balaban J connectivity index is 1.62. The second-order valence-corrected chi connectivity index (χ2v) is 9.80. The Bertz CT molecular complexity index is 1070. The van der Waals surface area contributed by atoms with E-state index in [1.165, 1.54) is 0 Å². The van der Waals surface area contributed by atoms with Gasteiger partial charge in [0.1, 0.15) is 16.9 Å². The normalized spacial score (nSPS) is 18.9. The molecule has 1 fully saturated rings. The van der Waals surface area contributed by atoms with Gasteiger partial charge in [-0.15, -0.1) is 0 Å². The van der Waals surface area contributed by atoms with E-state index >= 15 is 0 Å². The van der Waals surface area contributed by atoms with Crippen molar-refractivity contribution in [1.82, 2.24) is 5.32 Å². The largest absolute Gasteiger partial charge is 0.444 e. The lowest BCUT2D eigenvalue weighted by molar-refractivity contribution is -0.140. The third-order valence-corrected chi connectivity index (χ3v) is 5.98. The molecule has 1 aliphatic rings. The van der Waals surface area contributed by atoms with Crippen molar-refractivity contribution < 1.29 is 23.5 Å². The lowest BCUT2D eigenvalue weighted by Gasteiger charge is -2.28. The molecule has 0 bridgehead atoms. The summed E-state index contributed by atoms with van der Waals surface area (Å²) in [7, 11) is 0. The van der Waals surface area contributed by atoms with Gasteiger partial charge in [0.15, 0.2) is 0 Å². The van der Waals surface area contributed by atoms with Crippen LogP contribution in [-0.4, -0.2) is 24.2 Å². The molecule has 0 radical (unpaired) electrons. The van der Waals surface area contributed by atoms with Crippen LogP contribution < -0.4 is 15.7 Å². The fourth-order valence-corrected chi connectivity index (χ4v) is 4.10. The minimum absolute atomic E-state index is 0.194. The van der Waals surface area contributed by atoms with Gasteiger partial charge in [-0.25, -0.2) is 9.59 Å². The molecule has 0 saturated heterocycles. The average Bonchev–Trinajstić information content (AvgIpc) is 2.69. The predicted molar refractivity (Wildman–Crippen MR) is 122 cm³/mol. The number of hydrogen-bond donors (Lipinski definition) is 1. The van der Waals surface area contributed by atoms with Crippen molar-refractivity contribution in [2.45, 2.75) is 72.8 Å². The van der Waals surface area contributed by atoms with Crippen molar-refractivity contribution in [2.24, 2.45) is 11.8 Å². The summed E-state index contributed by atoms with van der Waals surface area (Å²) in [4.78, 5) is 36.8. The maximum absolute atomic E-state index is 12.9. The highest BCUT2D eigenvalue weighted by Crippen LogP contribution is 2.34. The molecule has 0 spiro atoms. The molecule has 1 amide bonds. The van der Waals surface area contributed by atoms with Crippen LogP contribution in [0.2, 0.25) is 0 Å². The Hall–Kier alpha value is -2.83. The molecule has 1 N–H and O–H groups in total. The average molecular weight is 444 g/mol. The molecule has 0 aliphatic heterocycles. The van der Waals surface area contributed by atoms with Crippen molar-refractivity contribution in [3.05, 3.63) is 39.2 Å². The molecular weight excluding hydrogens is 410 g/mol. The number of benzene rings is 1. The van der Waals surface area contributed by atoms with E-state index in [4.69, 9.17) is 13.9 Å². The zero-order valence-electron chi connectivity index (χ0n) is 19.8. The molecule has 1 aromatic heterocycles. The summed E-state index contributed by atoms with van der Waals surface area (Å²) in [6, 6.07) is 3.59. The van der Waals surface area contributed by atoms with Crippen LogP contribution in [0, 0.1) is 32.6 Å². The number of carbonyl (C=O) groups excluding carboxylic acids is 2. The predicted octanol–water partition coefficient (Wildman–Crippen LogP) is 4.95. The van der Waals surface area contributed by atoms with Crippen molar-refractivity contribution >= 4 is 23.0 Å². The molecule has 1 aliphatic carbocycles. The summed E-state index contributed by atoms with van der Waals surface area (Å²) in [5.74, 6) is 0.285. The van der Waals surface area contributed by atoms with E-state index in [2.05, 4.69) is 5.32 Å². The summed E-state index contributed by atoms with van der Waals surface area (Å²) in [6.45, 7) is 11.4. The molecule has 7 heteroatoms. The number of fused-ring (bicyclic) bond motifs is 1. The summed E-state index contributed by atoms with van der Waals surface area (Å²) >= 11 is 0. The summed E-state index contributed by atoms with van der Waals surface area (Å²) < 4.78 is 16.5. The number of alkyl carbamates (subject to hydrolysis) is 1. The number of nitrogens with one attached hydrogen (secondary N) is 1. The molecule has 0 atom stereocenters. The first-order valence-electron chi connectivity index (χ1n) is 11.2. The van der Waals surface area contributed by atoms with Crippen LogP contribution in [0.25, 0.3) is 11.0 Å². The smallest absolute Gasteiger partial charge is 0.407 e. The van der Waals surface area contributed by atoms with E-state index in [0.29, 0.717) is 47.6 Å². The van der Waals surface area contributed by atoms with Gasteiger partial charge in [-0.1, -0.05) is 0 Å². The molecule has 0 unspecified atom stereocenters. The van der Waals surface area contributed by atoms with Gasteiger partial charge in [-0.2, -0.15) is 0 Å². The molecule has 32 heavy (non-hydrogen) atoms. The van der Waals surface area contributed by atoms with Crippen molar-refractivity contribution in [2.75, 3.05) is 6.54 Å². The van der Waals surface area contributed by atoms with Crippen LogP contribution in [0.4, 0.5) is 4.79 Å². The second-order valence-electron chi connectivity index (χ2n) is 9.80. The SMILES string of the molecule is Cc1cc(OC(=O)C2CCC(CNC(=O)OC(C)(C)C)CC2)c2c(C)c(C)c(=O)oc2c1. The van der Waals surface area contributed by atoms with Gasteiger partial charge in [0.05, 0.1) is 11.3 Å². The highest BCUT2D eigenvalue weighted by Gasteiger charge is 2.29. The Morgan fingerprint density at radius 1 is 1.06 bits per heavy atom. The lowest BCUT2D eigenvalue weighted by atomic mass is 9.82. The number of ether oxygens (including phenoxy) is 2. The topological polar surface area (TPSA) is 94.8 Å². The lowest BCUT2D eigenvalue weighted by Crippen LogP contribution is -2.36. The minimum Gasteiger partial charge on any atom is -0.444 e. The second kappa shape index (κ2) is 9.35. The van der Waals surface area contributed by atoms with Gasteiger partial charge in [-0.3, -0.25) is 4.79 Å². The quantitative estimate of drug-likeness (QED) is 0.408. The van der Waals surface area contributed by atoms with Gasteiger partial charge in [0, 0.05) is 12.1 Å². The number of aryl methyl sites for hydroxylation is 2. The van der Waals surface area contributed by atoms with E-state index < -0.39 is 11.7 Å². The molecule has 174 valence electrons. The molecule has 1 saturated carbocycles. The maximum Gasteiger partial charge on any atom is 0.407 e. The monoisotopic (exact) mass is 443 g/mol. The van der Waals surface area contributed by atoms with E-state index in [1.807, 2.05) is 40.7 Å². The molecule has 1 heterocycles. The summed E-state index contributed by atoms with van der Waals surface area (Å²) in [5.41, 5.74) is 1.65. The van der Waals surface area contributed by atoms with Gasteiger partial charge in [-0.05, 0) is 96.4 Å². The standard InChI is InChI=1S/C25H33NO6/c1-14-11-19-21(15(2)16(3)22(27)30-19)20(12-14)31-23(28)18-9-7-17(8-10-18)13-26-24(29)32-25(4,5)6/h11-12,17-18H,7-10,13H2,1-6H3,(H,26,29). The van der Waals surface area contributed by atoms with E-state index in [0.717, 1.165) is 24.0 Å². The third kappa shape index (κ3) is 5.69. The number of hydrogen-bond acceptors (Lipinski definition) is 6. The zero-order chi connectivity index (χ0) is 23.6. The number of carbonyl (C=O) groups is 2. The van der Waals surface area contributed by atoms with Crippen LogP contribution in [0.15, 0.2) is 21.3 Å². The number of esters is 1. The van der Waals surface area contributed by atoms with Crippen LogP contribution in [0.5, 0.6) is 5.75 Å². The Morgan fingerprint density at radius 3 is 2.34 bits per heavy atom. The van der Waals surface area contributed by atoms with Gasteiger partial charge >= 0.3 is 17.7 Å². The molecular formula is C25H33NO6. The van der Waals surface area contributed by atoms with Gasteiger partial charge < -0.3 is 19.2 Å². The molecule has 1 aromatic carbocycles. The van der Waals surface area contributed by atoms with Crippen LogP contribution in [-0.2, 0) is 9.53 Å². The minimum atomic E-state index is -0.523. The summed E-state index contributed by atoms with van der Waals surface area (Å²) in [6.07, 6.45) is 2.66.